The molecule has 1 aromatic rings. The van der Waals surface area contributed by atoms with Crippen molar-refractivity contribution in [3.05, 3.63) is 23.6 Å². The fraction of sp³-hybridized carbons (Fsp3) is 0.571. The van der Waals surface area contributed by atoms with E-state index in [-0.39, 0.29) is 5.91 Å². The highest BCUT2D eigenvalue weighted by Gasteiger charge is 2.25. The molecule has 1 N–H and O–H groups in total. The highest BCUT2D eigenvalue weighted by molar-refractivity contribution is 7.99. The molecule has 0 aliphatic carbocycles. The maximum absolute atomic E-state index is 13.4. The fourth-order valence-electron chi connectivity index (χ4n) is 2.16. The number of thioether (sulfide) groups is 1. The molecule has 0 saturated carbocycles. The zero-order valence-corrected chi connectivity index (χ0v) is 12.7. The molecule has 0 spiro atoms. The van der Waals surface area contributed by atoms with Crippen LogP contribution in [-0.4, -0.2) is 46.4 Å². The zero-order valence-electron chi connectivity index (χ0n) is 11.9. The molecule has 1 unspecified atom stereocenters. The van der Waals surface area contributed by atoms with Crippen LogP contribution >= 0.6 is 11.8 Å². The molecule has 0 aromatic carbocycles. The number of carbonyl (C=O) groups excluding carboxylic acids is 1. The predicted octanol–water partition coefficient (Wildman–Crippen LogP) is 2.62. The van der Waals surface area contributed by atoms with Crippen LogP contribution in [0.4, 0.5) is 10.2 Å². The first-order valence-electron chi connectivity index (χ1n) is 6.92. The third kappa shape index (κ3) is 3.62. The molecule has 2 rings (SSSR count). The minimum atomic E-state index is -0.477. The van der Waals surface area contributed by atoms with Gasteiger partial charge < -0.3 is 10.2 Å². The van der Waals surface area contributed by atoms with Gasteiger partial charge in [0.1, 0.15) is 11.6 Å². The number of amides is 1. The van der Waals surface area contributed by atoms with Gasteiger partial charge in [-0.2, -0.15) is 11.8 Å². The molecule has 1 saturated heterocycles. The van der Waals surface area contributed by atoms with Crippen LogP contribution in [0.15, 0.2) is 12.3 Å². The summed E-state index contributed by atoms with van der Waals surface area (Å²) in [7, 11) is 0. The second-order valence-electron chi connectivity index (χ2n) is 4.91. The molecule has 1 aliphatic heterocycles. The number of nitrogens with one attached hydrogen (secondary N) is 1. The van der Waals surface area contributed by atoms with Crippen LogP contribution in [0.25, 0.3) is 0 Å². The van der Waals surface area contributed by atoms with E-state index in [1.165, 1.54) is 6.07 Å². The van der Waals surface area contributed by atoms with Crippen molar-refractivity contribution in [3.8, 4) is 0 Å². The molecule has 1 amide bonds. The molecule has 110 valence electrons. The molecule has 20 heavy (non-hydrogen) atoms. The van der Waals surface area contributed by atoms with Crippen LogP contribution in [0, 0.1) is 5.82 Å². The third-order valence-electron chi connectivity index (χ3n) is 3.16. The quantitative estimate of drug-likeness (QED) is 0.928. The zero-order chi connectivity index (χ0) is 14.5. The Labute approximate surface area is 123 Å². The van der Waals surface area contributed by atoms with Gasteiger partial charge >= 0.3 is 0 Å². The summed E-state index contributed by atoms with van der Waals surface area (Å²) in [6, 6.07) is 1.28. The van der Waals surface area contributed by atoms with E-state index < -0.39 is 5.82 Å². The van der Waals surface area contributed by atoms with Gasteiger partial charge in [0.15, 0.2) is 0 Å². The average molecular weight is 297 g/mol. The minimum Gasteiger partial charge on any atom is -0.369 e. The van der Waals surface area contributed by atoms with Crippen molar-refractivity contribution in [1.29, 1.82) is 0 Å². The lowest BCUT2D eigenvalue weighted by molar-refractivity contribution is 0.0763. The number of aromatic nitrogens is 1. The van der Waals surface area contributed by atoms with Gasteiger partial charge in [0, 0.05) is 30.6 Å². The number of pyridine rings is 1. The van der Waals surface area contributed by atoms with E-state index in [9.17, 15) is 9.18 Å². The van der Waals surface area contributed by atoms with Crippen LogP contribution in [0.1, 0.15) is 30.6 Å². The van der Waals surface area contributed by atoms with Crippen molar-refractivity contribution in [2.24, 2.45) is 0 Å². The standard InChI is InChI=1S/C14H20FN3OS/c1-3-4-16-13-12(7-11(15)8-17-13)14(19)18-5-6-20-10(2)9-18/h7-8,10H,3-6,9H2,1-2H3,(H,16,17). The molecule has 0 bridgehead atoms. The van der Waals surface area contributed by atoms with E-state index >= 15 is 0 Å². The van der Waals surface area contributed by atoms with Crippen molar-refractivity contribution in [1.82, 2.24) is 9.88 Å². The highest BCUT2D eigenvalue weighted by atomic mass is 32.2. The first kappa shape index (κ1) is 15.1. The second-order valence-corrected chi connectivity index (χ2v) is 6.46. The van der Waals surface area contributed by atoms with Gasteiger partial charge in [0.05, 0.1) is 11.8 Å². The molecule has 2 heterocycles. The Balaban J connectivity index is 2.20. The van der Waals surface area contributed by atoms with Crippen molar-refractivity contribution in [3.63, 3.8) is 0 Å². The summed E-state index contributed by atoms with van der Waals surface area (Å²) in [6.07, 6.45) is 2.06. The van der Waals surface area contributed by atoms with E-state index in [4.69, 9.17) is 0 Å². The van der Waals surface area contributed by atoms with Gasteiger partial charge in [0.25, 0.3) is 5.91 Å². The lowest BCUT2D eigenvalue weighted by Gasteiger charge is -2.31. The van der Waals surface area contributed by atoms with E-state index in [0.29, 0.717) is 36.3 Å². The first-order chi connectivity index (χ1) is 9.61. The van der Waals surface area contributed by atoms with Crippen LogP contribution < -0.4 is 5.32 Å². The summed E-state index contributed by atoms with van der Waals surface area (Å²) in [6.45, 7) is 6.25. The summed E-state index contributed by atoms with van der Waals surface area (Å²) < 4.78 is 13.4. The van der Waals surface area contributed by atoms with Gasteiger partial charge in [-0.1, -0.05) is 13.8 Å². The molecule has 0 radical (unpaired) electrons. The van der Waals surface area contributed by atoms with E-state index in [0.717, 1.165) is 18.4 Å². The predicted molar refractivity (Wildman–Crippen MR) is 80.8 cm³/mol. The Hall–Kier alpha value is -1.30. The maximum Gasteiger partial charge on any atom is 0.257 e. The highest BCUT2D eigenvalue weighted by Crippen LogP contribution is 2.22. The van der Waals surface area contributed by atoms with Crippen molar-refractivity contribution < 1.29 is 9.18 Å². The summed E-state index contributed by atoms with van der Waals surface area (Å²) in [5.74, 6) is 0.787. The first-order valence-corrected chi connectivity index (χ1v) is 7.97. The summed E-state index contributed by atoms with van der Waals surface area (Å²) in [4.78, 5) is 18.3. The number of halogens is 1. The van der Waals surface area contributed by atoms with Crippen molar-refractivity contribution >= 4 is 23.5 Å². The van der Waals surface area contributed by atoms with Crippen LogP contribution in [0.5, 0.6) is 0 Å². The number of anilines is 1. The Morgan fingerprint density at radius 1 is 1.65 bits per heavy atom. The monoisotopic (exact) mass is 297 g/mol. The number of hydrogen-bond acceptors (Lipinski definition) is 4. The molecular weight excluding hydrogens is 277 g/mol. The number of rotatable bonds is 4. The second kappa shape index (κ2) is 6.92. The van der Waals surface area contributed by atoms with E-state index in [1.807, 2.05) is 18.7 Å². The van der Waals surface area contributed by atoms with E-state index in [1.54, 1.807) is 4.90 Å². The van der Waals surface area contributed by atoms with Gasteiger partial charge in [-0.25, -0.2) is 9.37 Å². The van der Waals surface area contributed by atoms with Crippen LogP contribution in [0.3, 0.4) is 0 Å². The number of hydrogen-bond donors (Lipinski definition) is 1. The van der Waals surface area contributed by atoms with Gasteiger partial charge in [-0.3, -0.25) is 4.79 Å². The summed E-state index contributed by atoms with van der Waals surface area (Å²) in [5.41, 5.74) is 0.331. The molecule has 1 aromatic heterocycles. The van der Waals surface area contributed by atoms with Crippen LogP contribution in [0.2, 0.25) is 0 Å². The summed E-state index contributed by atoms with van der Waals surface area (Å²) in [5, 5.41) is 3.51. The van der Waals surface area contributed by atoms with Gasteiger partial charge in [-0.05, 0) is 12.5 Å². The van der Waals surface area contributed by atoms with Crippen molar-refractivity contribution in [2.45, 2.75) is 25.5 Å². The van der Waals surface area contributed by atoms with Crippen LogP contribution in [-0.2, 0) is 0 Å². The Kier molecular flexibility index (Phi) is 5.23. The topological polar surface area (TPSA) is 45.2 Å². The molecule has 1 atom stereocenters. The Morgan fingerprint density at radius 3 is 3.15 bits per heavy atom. The lowest BCUT2D eigenvalue weighted by atomic mass is 10.2. The maximum atomic E-state index is 13.4. The number of carbonyl (C=O) groups is 1. The molecule has 4 nitrogen and oxygen atoms in total. The molecule has 1 aliphatic rings. The minimum absolute atomic E-state index is 0.136. The molecule has 1 fully saturated rings. The van der Waals surface area contributed by atoms with Crippen molar-refractivity contribution in [2.75, 3.05) is 30.7 Å². The van der Waals surface area contributed by atoms with Gasteiger partial charge in [0.2, 0.25) is 0 Å². The summed E-state index contributed by atoms with van der Waals surface area (Å²) >= 11 is 1.86. The molecular formula is C14H20FN3OS. The number of nitrogens with zero attached hydrogens (tertiary/aromatic N) is 2. The third-order valence-corrected chi connectivity index (χ3v) is 4.29. The Bertz CT molecular complexity index is 483. The lowest BCUT2D eigenvalue weighted by Crippen LogP contribution is -2.41. The fourth-order valence-corrected chi connectivity index (χ4v) is 3.17. The average Bonchev–Trinajstić information content (AvgIpc) is 2.45. The largest absolute Gasteiger partial charge is 0.369 e. The van der Waals surface area contributed by atoms with Gasteiger partial charge in [-0.15, -0.1) is 0 Å². The SMILES string of the molecule is CCCNc1ncc(F)cc1C(=O)N1CCSC(C)C1. The van der Waals surface area contributed by atoms with E-state index in [2.05, 4.69) is 17.2 Å². The molecule has 6 heteroatoms. The normalized spacial score (nSPS) is 18.9. The Morgan fingerprint density at radius 2 is 2.45 bits per heavy atom. The smallest absolute Gasteiger partial charge is 0.257 e.